The van der Waals surface area contributed by atoms with Crippen LogP contribution >= 0.6 is 0 Å². The van der Waals surface area contributed by atoms with Gasteiger partial charge in [-0.2, -0.15) is 9.97 Å². The molecule has 0 unspecified atom stereocenters. The van der Waals surface area contributed by atoms with Gasteiger partial charge < -0.3 is 15.4 Å². The molecule has 2 N–H and O–H groups in total. The zero-order valence-corrected chi connectivity index (χ0v) is 19.2. The first-order valence-electron chi connectivity index (χ1n) is 12.1. The van der Waals surface area contributed by atoms with Gasteiger partial charge in [-0.25, -0.2) is 0 Å². The SMILES string of the molecule is CC(C)N1CCN(CCCCN2C(=O)Cc3c(N)nc(OC4CCCCC4)nc32)CC1. The van der Waals surface area contributed by atoms with E-state index in [1.807, 2.05) is 0 Å². The number of piperazine rings is 1. The summed E-state index contributed by atoms with van der Waals surface area (Å²) in [6.07, 6.45) is 8.19. The molecule has 8 nitrogen and oxygen atoms in total. The quantitative estimate of drug-likeness (QED) is 0.634. The molecule has 3 heterocycles. The van der Waals surface area contributed by atoms with Gasteiger partial charge in [-0.15, -0.1) is 0 Å². The number of anilines is 2. The number of carbonyl (C=O) groups is 1. The van der Waals surface area contributed by atoms with Crippen LogP contribution in [0.25, 0.3) is 0 Å². The number of carbonyl (C=O) groups excluding carboxylic acids is 1. The standard InChI is InChI=1S/C23H38N6O2/c1-17(2)28-14-12-27(13-15-28)10-6-7-11-29-20(30)16-19-21(24)25-23(26-22(19)29)31-18-8-4-3-5-9-18/h17-18H,3-16H2,1-2H3,(H2,24,25,26). The molecular formula is C23H38N6O2. The summed E-state index contributed by atoms with van der Waals surface area (Å²) >= 11 is 0. The number of fused-ring (bicyclic) bond motifs is 1. The van der Waals surface area contributed by atoms with Gasteiger partial charge in [-0.1, -0.05) is 6.42 Å². The lowest BCUT2D eigenvalue weighted by Crippen LogP contribution is -2.49. The Morgan fingerprint density at radius 2 is 1.74 bits per heavy atom. The van der Waals surface area contributed by atoms with E-state index in [1.54, 1.807) is 4.90 Å². The molecule has 1 aromatic heterocycles. The minimum Gasteiger partial charge on any atom is -0.460 e. The van der Waals surface area contributed by atoms with E-state index >= 15 is 0 Å². The monoisotopic (exact) mass is 430 g/mol. The van der Waals surface area contributed by atoms with Crippen LogP contribution in [0.4, 0.5) is 11.6 Å². The van der Waals surface area contributed by atoms with Gasteiger partial charge in [-0.3, -0.25) is 14.6 Å². The summed E-state index contributed by atoms with van der Waals surface area (Å²) in [4.78, 5) is 28.4. The zero-order valence-electron chi connectivity index (χ0n) is 19.2. The Kier molecular flexibility index (Phi) is 7.27. The number of hydrogen-bond acceptors (Lipinski definition) is 7. The maximum Gasteiger partial charge on any atom is 0.320 e. The number of nitrogen functional groups attached to an aromatic ring is 1. The van der Waals surface area contributed by atoms with Crippen molar-refractivity contribution in [3.8, 4) is 6.01 Å². The van der Waals surface area contributed by atoms with E-state index in [4.69, 9.17) is 10.5 Å². The maximum absolute atomic E-state index is 12.6. The lowest BCUT2D eigenvalue weighted by atomic mass is 9.98. The predicted molar refractivity (Wildman–Crippen MR) is 122 cm³/mol. The Morgan fingerprint density at radius 3 is 2.45 bits per heavy atom. The van der Waals surface area contributed by atoms with Gasteiger partial charge in [-0.05, 0) is 58.9 Å². The number of aromatic nitrogens is 2. The van der Waals surface area contributed by atoms with Crippen LogP contribution in [0.2, 0.25) is 0 Å². The average molecular weight is 431 g/mol. The van der Waals surface area contributed by atoms with E-state index in [2.05, 4.69) is 33.6 Å². The topological polar surface area (TPSA) is 87.8 Å². The third-order valence-electron chi connectivity index (χ3n) is 6.95. The molecule has 31 heavy (non-hydrogen) atoms. The first-order valence-corrected chi connectivity index (χ1v) is 12.1. The molecule has 1 amide bonds. The van der Waals surface area contributed by atoms with Crippen LogP contribution in [0.15, 0.2) is 0 Å². The first-order chi connectivity index (χ1) is 15.0. The molecule has 3 aliphatic rings. The highest BCUT2D eigenvalue weighted by atomic mass is 16.5. The molecule has 172 valence electrons. The summed E-state index contributed by atoms with van der Waals surface area (Å²) in [6.45, 7) is 10.9. The predicted octanol–water partition coefficient (Wildman–Crippen LogP) is 2.47. The Morgan fingerprint density at radius 1 is 1.03 bits per heavy atom. The molecule has 2 aliphatic heterocycles. The highest BCUT2D eigenvalue weighted by molar-refractivity contribution is 6.01. The summed E-state index contributed by atoms with van der Waals surface area (Å²) < 4.78 is 6.02. The summed E-state index contributed by atoms with van der Waals surface area (Å²) in [7, 11) is 0. The maximum atomic E-state index is 12.6. The highest BCUT2D eigenvalue weighted by Gasteiger charge is 2.32. The lowest BCUT2D eigenvalue weighted by molar-refractivity contribution is -0.117. The second kappa shape index (κ2) is 10.1. The first kappa shape index (κ1) is 22.3. The molecule has 0 bridgehead atoms. The fraction of sp³-hybridized carbons (Fsp3) is 0.783. The van der Waals surface area contributed by atoms with E-state index in [9.17, 15) is 4.79 Å². The van der Waals surface area contributed by atoms with Crippen molar-refractivity contribution in [2.75, 3.05) is 49.9 Å². The van der Waals surface area contributed by atoms with Gasteiger partial charge in [0.15, 0.2) is 0 Å². The average Bonchev–Trinajstić information content (AvgIpc) is 3.08. The second-order valence-corrected chi connectivity index (χ2v) is 9.47. The van der Waals surface area contributed by atoms with Crippen molar-refractivity contribution in [1.29, 1.82) is 0 Å². The third-order valence-corrected chi connectivity index (χ3v) is 6.95. The smallest absolute Gasteiger partial charge is 0.320 e. The van der Waals surface area contributed by atoms with Crippen molar-refractivity contribution in [1.82, 2.24) is 19.8 Å². The fourth-order valence-corrected chi connectivity index (χ4v) is 4.95. The summed E-state index contributed by atoms with van der Waals surface area (Å²) in [6, 6.07) is 0.954. The van der Waals surface area contributed by atoms with Crippen LogP contribution in [0.5, 0.6) is 6.01 Å². The van der Waals surface area contributed by atoms with E-state index < -0.39 is 0 Å². The van der Waals surface area contributed by atoms with Crippen LogP contribution in [0.1, 0.15) is 64.4 Å². The van der Waals surface area contributed by atoms with Gasteiger partial charge >= 0.3 is 6.01 Å². The molecular weight excluding hydrogens is 392 g/mol. The largest absolute Gasteiger partial charge is 0.460 e. The Balaban J connectivity index is 1.29. The minimum atomic E-state index is 0.0661. The molecule has 0 radical (unpaired) electrons. The number of nitrogens with two attached hydrogens (primary N) is 1. The molecule has 2 fully saturated rings. The number of nitrogens with zero attached hydrogens (tertiary/aromatic N) is 5. The normalized spacial score (nSPS) is 21.1. The Labute approximate surface area is 186 Å². The molecule has 8 heteroatoms. The van der Waals surface area contributed by atoms with Gasteiger partial charge in [0.1, 0.15) is 17.7 Å². The highest BCUT2D eigenvalue weighted by Crippen LogP contribution is 2.33. The summed E-state index contributed by atoms with van der Waals surface area (Å²) in [5.41, 5.74) is 6.92. The molecule has 1 aromatic rings. The van der Waals surface area contributed by atoms with E-state index in [0.717, 1.165) is 64.0 Å². The summed E-state index contributed by atoms with van der Waals surface area (Å²) in [5.74, 6) is 1.11. The Hall–Kier alpha value is -1.93. The van der Waals surface area contributed by atoms with E-state index in [-0.39, 0.29) is 12.0 Å². The Bertz CT molecular complexity index is 757. The molecule has 0 atom stereocenters. The minimum absolute atomic E-state index is 0.0661. The number of ether oxygens (including phenoxy) is 1. The van der Waals surface area contributed by atoms with Crippen LogP contribution in [0.3, 0.4) is 0 Å². The molecule has 1 saturated heterocycles. The van der Waals surface area contributed by atoms with Gasteiger partial charge in [0.25, 0.3) is 0 Å². The van der Waals surface area contributed by atoms with Crippen molar-refractivity contribution >= 4 is 17.5 Å². The van der Waals surface area contributed by atoms with Crippen molar-refractivity contribution in [2.24, 2.45) is 0 Å². The van der Waals surface area contributed by atoms with Gasteiger partial charge in [0.2, 0.25) is 5.91 Å². The number of hydrogen-bond donors (Lipinski definition) is 1. The van der Waals surface area contributed by atoms with Crippen molar-refractivity contribution in [3.63, 3.8) is 0 Å². The fourth-order valence-electron chi connectivity index (χ4n) is 4.95. The van der Waals surface area contributed by atoms with Crippen LogP contribution in [0, 0.1) is 0 Å². The van der Waals surface area contributed by atoms with E-state index in [0.29, 0.717) is 36.7 Å². The van der Waals surface area contributed by atoms with Gasteiger partial charge in [0, 0.05) is 44.3 Å². The molecule has 0 spiro atoms. The van der Waals surface area contributed by atoms with Crippen molar-refractivity contribution in [2.45, 2.75) is 77.4 Å². The number of amides is 1. The molecule has 1 aliphatic carbocycles. The lowest BCUT2D eigenvalue weighted by Gasteiger charge is -2.37. The third kappa shape index (κ3) is 5.47. The molecule has 1 saturated carbocycles. The second-order valence-electron chi connectivity index (χ2n) is 9.47. The van der Waals surface area contributed by atoms with Gasteiger partial charge in [0.05, 0.1) is 6.42 Å². The zero-order chi connectivity index (χ0) is 21.8. The van der Waals surface area contributed by atoms with Crippen LogP contribution in [-0.4, -0.2) is 77.1 Å². The van der Waals surface area contributed by atoms with Crippen LogP contribution in [-0.2, 0) is 11.2 Å². The van der Waals surface area contributed by atoms with E-state index in [1.165, 1.54) is 19.3 Å². The van der Waals surface area contributed by atoms with Crippen molar-refractivity contribution < 1.29 is 9.53 Å². The molecule has 0 aromatic carbocycles. The van der Waals surface area contributed by atoms with Crippen LogP contribution < -0.4 is 15.4 Å². The van der Waals surface area contributed by atoms with Crippen molar-refractivity contribution in [3.05, 3.63) is 5.56 Å². The number of rotatable bonds is 8. The molecule has 4 rings (SSSR count). The number of unbranched alkanes of at least 4 members (excludes halogenated alkanes) is 1. The summed E-state index contributed by atoms with van der Waals surface area (Å²) in [5, 5.41) is 0.